The van der Waals surface area contributed by atoms with Gasteiger partial charge in [0.1, 0.15) is 12.3 Å². The quantitative estimate of drug-likeness (QED) is 0.563. The number of rotatable bonds is 9. The molecule has 0 saturated carbocycles. The van der Waals surface area contributed by atoms with Crippen molar-refractivity contribution in [3.8, 4) is 0 Å². The van der Waals surface area contributed by atoms with E-state index >= 15 is 0 Å². The summed E-state index contributed by atoms with van der Waals surface area (Å²) in [5.74, 6) is 1.90. The summed E-state index contributed by atoms with van der Waals surface area (Å²) in [4.78, 5) is 1.55. The lowest BCUT2D eigenvalue weighted by Crippen LogP contribution is -3.10. The number of aryl methyl sites for hydroxylation is 1. The van der Waals surface area contributed by atoms with Gasteiger partial charge in [-0.2, -0.15) is 0 Å². The highest BCUT2D eigenvalue weighted by atomic mass is 35.5. The highest BCUT2D eigenvalue weighted by Crippen LogP contribution is 2.22. The zero-order valence-corrected chi connectivity index (χ0v) is 17.4. The minimum absolute atomic E-state index is 0.525. The molecule has 0 aliphatic carbocycles. The Bertz CT molecular complexity index is 717. The summed E-state index contributed by atoms with van der Waals surface area (Å²) < 4.78 is 5.94. The van der Waals surface area contributed by atoms with Crippen molar-refractivity contribution in [2.75, 3.05) is 18.4 Å². The van der Waals surface area contributed by atoms with Crippen LogP contribution in [0.2, 0.25) is 5.02 Å². The molecular weight excluding hydrogens is 366 g/mol. The molecule has 6 heteroatoms. The van der Waals surface area contributed by atoms with E-state index in [0.29, 0.717) is 16.7 Å². The summed E-state index contributed by atoms with van der Waals surface area (Å²) in [6.07, 6.45) is 2.48. The van der Waals surface area contributed by atoms with E-state index in [1.54, 1.807) is 4.90 Å². The molecule has 2 aromatic rings. The Balaban J connectivity index is 1.82. The van der Waals surface area contributed by atoms with Crippen LogP contribution in [0.3, 0.4) is 0 Å². The largest absolute Gasteiger partial charge is 0.458 e. The first-order valence-corrected chi connectivity index (χ1v) is 10.0. The van der Waals surface area contributed by atoms with E-state index in [2.05, 4.69) is 30.5 Å². The van der Waals surface area contributed by atoms with E-state index in [4.69, 9.17) is 28.2 Å². The first-order chi connectivity index (χ1) is 12.5. The Kier molecular flexibility index (Phi) is 8.42. The van der Waals surface area contributed by atoms with Crippen molar-refractivity contribution in [3.05, 3.63) is 52.4 Å². The molecule has 2 rings (SSSR count). The molecule has 1 aromatic carbocycles. The zero-order chi connectivity index (χ0) is 18.9. The van der Waals surface area contributed by atoms with Gasteiger partial charge in [0.25, 0.3) is 0 Å². The maximum atomic E-state index is 6.22. The van der Waals surface area contributed by atoms with Gasteiger partial charge in [0.15, 0.2) is 10.9 Å². The molecule has 0 aliphatic heterocycles. The van der Waals surface area contributed by atoms with Gasteiger partial charge in [0.2, 0.25) is 0 Å². The average molecular weight is 395 g/mol. The average Bonchev–Trinajstić information content (AvgIpc) is 3.06. The van der Waals surface area contributed by atoms with Crippen LogP contribution in [0.5, 0.6) is 0 Å². The normalized spacial score (nSPS) is 12.0. The molecule has 1 aromatic heterocycles. The van der Waals surface area contributed by atoms with Gasteiger partial charge in [0, 0.05) is 0 Å². The van der Waals surface area contributed by atoms with Gasteiger partial charge in [-0.1, -0.05) is 31.0 Å². The van der Waals surface area contributed by atoms with Gasteiger partial charge >= 0.3 is 0 Å². The molecule has 0 bridgehead atoms. The number of hydrogen-bond acceptors (Lipinski definition) is 2. The molecule has 0 radical (unpaired) electrons. The summed E-state index contributed by atoms with van der Waals surface area (Å²) in [6.45, 7) is 10.2. The number of hydrogen-bond donors (Lipinski definition) is 3. The van der Waals surface area contributed by atoms with Crippen LogP contribution in [-0.4, -0.2) is 18.2 Å². The molecule has 0 spiro atoms. The summed E-state index contributed by atoms with van der Waals surface area (Å²) in [7, 11) is 0. The van der Waals surface area contributed by atoms with Crippen molar-refractivity contribution in [3.63, 3.8) is 0 Å². The van der Waals surface area contributed by atoms with Gasteiger partial charge in [0.05, 0.1) is 30.3 Å². The van der Waals surface area contributed by atoms with Crippen LogP contribution in [-0.2, 0) is 13.1 Å². The maximum absolute atomic E-state index is 6.22. The maximum Gasteiger partial charge on any atom is 0.171 e. The standard InChI is InChI=1S/C20H28ClN3OS/c1-4-6-11-24(5-2)14-17-9-8-16(25-17)13-22-20(26)23-19-10-7-15(3)12-18(19)21/h7-10,12H,4-6,11,13-14H2,1-3H3,(H2,22,23,26)/p+1. The lowest BCUT2D eigenvalue weighted by molar-refractivity contribution is -0.913. The second kappa shape index (κ2) is 10.6. The van der Waals surface area contributed by atoms with Crippen LogP contribution in [0, 0.1) is 6.92 Å². The molecule has 26 heavy (non-hydrogen) atoms. The third kappa shape index (κ3) is 6.63. The Labute approximate surface area is 166 Å². The van der Waals surface area contributed by atoms with E-state index < -0.39 is 0 Å². The minimum Gasteiger partial charge on any atom is -0.458 e. The molecule has 0 amide bonds. The second-order valence-corrected chi connectivity index (χ2v) is 7.36. The SMILES string of the molecule is CCCC[NH+](CC)Cc1ccc(CNC(=S)Nc2ccc(C)cc2Cl)o1. The molecule has 3 N–H and O–H groups in total. The van der Waals surface area contributed by atoms with Crippen LogP contribution < -0.4 is 15.5 Å². The Morgan fingerprint density at radius 2 is 1.96 bits per heavy atom. The fourth-order valence-corrected chi connectivity index (χ4v) is 3.20. The smallest absolute Gasteiger partial charge is 0.171 e. The Morgan fingerprint density at radius 3 is 2.65 bits per heavy atom. The number of anilines is 1. The van der Waals surface area contributed by atoms with Crippen LogP contribution in [0.25, 0.3) is 0 Å². The molecular formula is C20H29ClN3OS+. The Hall–Kier alpha value is -1.56. The second-order valence-electron chi connectivity index (χ2n) is 6.54. The first kappa shape index (κ1) is 20.7. The molecule has 0 aliphatic rings. The molecule has 1 unspecified atom stereocenters. The van der Waals surface area contributed by atoms with Crippen molar-refractivity contribution < 1.29 is 9.32 Å². The lowest BCUT2D eigenvalue weighted by Gasteiger charge is -2.15. The highest BCUT2D eigenvalue weighted by Gasteiger charge is 2.11. The highest BCUT2D eigenvalue weighted by molar-refractivity contribution is 7.80. The zero-order valence-electron chi connectivity index (χ0n) is 15.8. The summed E-state index contributed by atoms with van der Waals surface area (Å²) in [5, 5.41) is 7.47. The van der Waals surface area contributed by atoms with Gasteiger partial charge < -0.3 is 20.0 Å². The van der Waals surface area contributed by atoms with Crippen molar-refractivity contribution in [2.24, 2.45) is 0 Å². The topological polar surface area (TPSA) is 41.6 Å². The number of nitrogens with one attached hydrogen (secondary N) is 3. The van der Waals surface area contributed by atoms with Crippen LogP contribution in [0.1, 0.15) is 43.8 Å². The number of furan rings is 1. The van der Waals surface area contributed by atoms with Crippen molar-refractivity contribution >= 4 is 34.6 Å². The van der Waals surface area contributed by atoms with Gasteiger partial charge in [-0.05, 0) is 62.3 Å². The number of halogens is 1. The van der Waals surface area contributed by atoms with E-state index in [1.807, 2.05) is 31.2 Å². The lowest BCUT2D eigenvalue weighted by atomic mass is 10.2. The predicted molar refractivity (Wildman–Crippen MR) is 113 cm³/mol. The number of unbranched alkanes of at least 4 members (excludes halogenated alkanes) is 1. The molecule has 1 heterocycles. The molecule has 142 valence electrons. The van der Waals surface area contributed by atoms with E-state index in [9.17, 15) is 0 Å². The summed E-state index contributed by atoms with van der Waals surface area (Å²) >= 11 is 11.6. The number of quaternary nitrogens is 1. The van der Waals surface area contributed by atoms with Crippen LogP contribution >= 0.6 is 23.8 Å². The minimum atomic E-state index is 0.525. The third-order valence-corrected chi connectivity index (χ3v) is 4.88. The number of benzene rings is 1. The summed E-state index contributed by atoms with van der Waals surface area (Å²) in [6, 6.07) is 9.90. The number of thiocarbonyl (C=S) groups is 1. The molecule has 4 nitrogen and oxygen atoms in total. The predicted octanol–water partition coefficient (Wildman–Crippen LogP) is 3.93. The van der Waals surface area contributed by atoms with Crippen molar-refractivity contribution in [1.29, 1.82) is 0 Å². The van der Waals surface area contributed by atoms with Crippen molar-refractivity contribution in [1.82, 2.24) is 5.32 Å². The fourth-order valence-electron chi connectivity index (χ4n) is 2.73. The molecule has 1 atom stereocenters. The van der Waals surface area contributed by atoms with Gasteiger partial charge in [-0.25, -0.2) is 0 Å². The molecule has 0 fully saturated rings. The molecule has 0 saturated heterocycles. The van der Waals surface area contributed by atoms with Crippen molar-refractivity contribution in [2.45, 2.75) is 46.7 Å². The monoisotopic (exact) mass is 394 g/mol. The summed E-state index contributed by atoms with van der Waals surface area (Å²) in [5.41, 5.74) is 1.91. The third-order valence-electron chi connectivity index (χ3n) is 4.32. The van der Waals surface area contributed by atoms with Gasteiger partial charge in [-0.15, -0.1) is 0 Å². The fraction of sp³-hybridized carbons (Fsp3) is 0.450. The first-order valence-electron chi connectivity index (χ1n) is 9.24. The Morgan fingerprint density at radius 1 is 1.19 bits per heavy atom. The van der Waals surface area contributed by atoms with Gasteiger partial charge in [-0.3, -0.25) is 0 Å². The van der Waals surface area contributed by atoms with E-state index in [0.717, 1.165) is 35.9 Å². The van der Waals surface area contributed by atoms with Crippen LogP contribution in [0.4, 0.5) is 5.69 Å². The van der Waals surface area contributed by atoms with Crippen LogP contribution in [0.15, 0.2) is 34.7 Å². The van der Waals surface area contributed by atoms with E-state index in [-0.39, 0.29) is 0 Å². The van der Waals surface area contributed by atoms with E-state index in [1.165, 1.54) is 19.4 Å².